The lowest BCUT2D eigenvalue weighted by Crippen LogP contribution is -2.51. The Balaban J connectivity index is 2.03. The topological polar surface area (TPSA) is 92.4 Å². The molecule has 2 heterocycles. The number of rotatable bonds is 10. The fraction of sp³-hybridized carbons (Fsp3) is 0.444. The minimum Gasteiger partial charge on any atom is -0.481 e. The lowest BCUT2D eigenvalue weighted by molar-refractivity contribution is -0.887. The number of carbonyl (C=O) groups is 2. The Morgan fingerprint density at radius 2 is 1.86 bits per heavy atom. The summed E-state index contributed by atoms with van der Waals surface area (Å²) >= 11 is 1.47. The number of thioether (sulfide) groups is 1. The van der Waals surface area contributed by atoms with Gasteiger partial charge in [-0.2, -0.15) is 0 Å². The average molecular weight is 497 g/mol. The molecule has 0 amide bonds. The number of carboxylic acid groups (broad SMARTS) is 2. The Morgan fingerprint density at radius 1 is 1.14 bits per heavy atom. The van der Waals surface area contributed by atoms with Crippen LogP contribution in [-0.2, 0) is 16.0 Å². The molecule has 2 unspecified atom stereocenters. The molecule has 0 bridgehead atoms. The SMILES string of the molecule is CC(C)CCC(CC=CC#CC#CC=C1C=CSc2nc(CC(C(=O)O)[N+](C)(C)C)cn21)C(=O)O. The van der Waals surface area contributed by atoms with Crippen LogP contribution in [0.3, 0.4) is 0 Å². The second-order valence-corrected chi connectivity index (χ2v) is 10.6. The molecule has 1 aliphatic heterocycles. The molecule has 1 aromatic heterocycles. The van der Waals surface area contributed by atoms with Gasteiger partial charge in [0.1, 0.15) is 0 Å². The molecule has 1 aliphatic rings. The number of hydrogen-bond donors (Lipinski definition) is 2. The van der Waals surface area contributed by atoms with Crippen LogP contribution in [0.4, 0.5) is 0 Å². The van der Waals surface area contributed by atoms with Crippen LogP contribution in [0.25, 0.3) is 5.70 Å². The Hall–Kier alpha value is -3.20. The van der Waals surface area contributed by atoms with Crippen molar-refractivity contribution in [2.24, 2.45) is 11.8 Å². The van der Waals surface area contributed by atoms with Gasteiger partial charge in [-0.25, -0.2) is 9.78 Å². The first-order valence-corrected chi connectivity index (χ1v) is 12.4. The van der Waals surface area contributed by atoms with Gasteiger partial charge in [-0.3, -0.25) is 9.36 Å². The number of aliphatic carboxylic acids is 2. The summed E-state index contributed by atoms with van der Waals surface area (Å²) in [6.45, 7) is 4.17. The monoisotopic (exact) mass is 496 g/mol. The van der Waals surface area contributed by atoms with Crippen molar-refractivity contribution in [1.29, 1.82) is 0 Å². The molecule has 2 rings (SSSR count). The maximum absolute atomic E-state index is 11.7. The summed E-state index contributed by atoms with van der Waals surface area (Å²) in [6, 6.07) is -0.596. The van der Waals surface area contributed by atoms with Gasteiger partial charge in [0.15, 0.2) is 11.2 Å². The van der Waals surface area contributed by atoms with E-state index in [0.717, 1.165) is 17.3 Å². The van der Waals surface area contributed by atoms with Crippen LogP contribution < -0.4 is 0 Å². The molecule has 186 valence electrons. The molecule has 2 N–H and O–H groups in total. The van der Waals surface area contributed by atoms with Crippen LogP contribution in [0.5, 0.6) is 0 Å². The van der Waals surface area contributed by atoms with Gasteiger partial charge in [-0.05, 0) is 48.2 Å². The Morgan fingerprint density at radius 3 is 2.49 bits per heavy atom. The summed E-state index contributed by atoms with van der Waals surface area (Å²) in [4.78, 5) is 27.6. The van der Waals surface area contributed by atoms with Gasteiger partial charge in [0, 0.05) is 12.3 Å². The van der Waals surface area contributed by atoms with Gasteiger partial charge in [-0.15, -0.1) is 0 Å². The number of carboxylic acids is 2. The van der Waals surface area contributed by atoms with Crippen LogP contribution in [0.1, 0.15) is 38.8 Å². The van der Waals surface area contributed by atoms with Gasteiger partial charge < -0.3 is 14.7 Å². The highest BCUT2D eigenvalue weighted by Crippen LogP contribution is 2.29. The molecule has 8 heteroatoms. The standard InChI is InChI=1S/C27H33N3O4S/c1-20(2)14-15-21(25(31)32)12-10-8-6-7-9-11-13-23-16-17-35-27-28-22(19-29(23)27)18-24(26(33)34)30(3,4)5/h8,10,13,16-17,19-21,24H,12,14-15,18H2,1-5H3,(H-,31,32,33,34)/p+1. The summed E-state index contributed by atoms with van der Waals surface area (Å²) < 4.78 is 2.21. The van der Waals surface area contributed by atoms with Crippen molar-refractivity contribution < 1.29 is 24.3 Å². The van der Waals surface area contributed by atoms with E-state index in [4.69, 9.17) is 0 Å². The van der Waals surface area contributed by atoms with E-state index >= 15 is 0 Å². The summed E-state index contributed by atoms with van der Waals surface area (Å²) in [7, 11) is 5.58. The third kappa shape index (κ3) is 9.16. The first-order valence-electron chi connectivity index (χ1n) is 11.5. The van der Waals surface area contributed by atoms with Gasteiger partial charge in [-0.1, -0.05) is 49.9 Å². The number of allylic oxidation sites excluding steroid dienone is 5. The van der Waals surface area contributed by atoms with Crippen LogP contribution in [0.2, 0.25) is 0 Å². The second-order valence-electron chi connectivity index (χ2n) is 9.73. The molecule has 0 aromatic carbocycles. The largest absolute Gasteiger partial charge is 0.481 e. The van der Waals surface area contributed by atoms with Gasteiger partial charge in [0.25, 0.3) is 0 Å². The lowest BCUT2D eigenvalue weighted by atomic mass is 9.95. The van der Waals surface area contributed by atoms with Gasteiger partial charge in [0.05, 0.1) is 44.9 Å². The van der Waals surface area contributed by atoms with Crippen molar-refractivity contribution >= 4 is 29.4 Å². The van der Waals surface area contributed by atoms with Gasteiger partial charge >= 0.3 is 11.9 Å². The maximum Gasteiger partial charge on any atom is 0.362 e. The predicted molar refractivity (Wildman–Crippen MR) is 139 cm³/mol. The summed E-state index contributed by atoms with van der Waals surface area (Å²) in [5, 5.41) is 21.6. The Bertz CT molecular complexity index is 1130. The van der Waals surface area contributed by atoms with Crippen molar-refractivity contribution in [1.82, 2.24) is 9.55 Å². The average Bonchev–Trinajstić information content (AvgIpc) is 3.18. The molecule has 35 heavy (non-hydrogen) atoms. The maximum atomic E-state index is 11.7. The molecule has 0 fully saturated rings. The quantitative estimate of drug-likeness (QED) is 0.374. The fourth-order valence-electron chi connectivity index (χ4n) is 3.42. The first-order chi connectivity index (χ1) is 16.5. The zero-order valence-corrected chi connectivity index (χ0v) is 21.8. The zero-order valence-electron chi connectivity index (χ0n) is 21.0. The molecule has 0 saturated heterocycles. The number of imidazole rings is 1. The number of hydrogen-bond acceptors (Lipinski definition) is 4. The van der Waals surface area contributed by atoms with E-state index in [1.807, 2.05) is 43.4 Å². The van der Waals surface area contributed by atoms with Gasteiger partial charge in [0.2, 0.25) is 0 Å². The van der Waals surface area contributed by atoms with Crippen LogP contribution in [0.15, 0.2) is 41.1 Å². The molecule has 0 spiro atoms. The van der Waals surface area contributed by atoms with E-state index in [9.17, 15) is 19.8 Å². The predicted octanol–water partition coefficient (Wildman–Crippen LogP) is 4.14. The van der Waals surface area contributed by atoms with E-state index in [0.29, 0.717) is 35.4 Å². The minimum atomic E-state index is -0.849. The zero-order chi connectivity index (χ0) is 26.0. The third-order valence-corrected chi connectivity index (χ3v) is 6.30. The highest BCUT2D eigenvalue weighted by Gasteiger charge is 2.32. The summed E-state index contributed by atoms with van der Waals surface area (Å²) in [5.74, 6) is 9.75. The summed E-state index contributed by atoms with van der Waals surface area (Å²) in [5.41, 5.74) is 1.54. The Labute approximate surface area is 212 Å². The minimum absolute atomic E-state index is 0.305. The van der Waals surface area contributed by atoms with Crippen LogP contribution >= 0.6 is 11.8 Å². The van der Waals surface area contributed by atoms with Crippen LogP contribution in [0, 0.1) is 35.5 Å². The molecular weight excluding hydrogens is 462 g/mol. The smallest absolute Gasteiger partial charge is 0.362 e. The van der Waals surface area contributed by atoms with E-state index in [1.54, 1.807) is 18.2 Å². The fourth-order valence-corrected chi connectivity index (χ4v) is 4.19. The second kappa shape index (κ2) is 13.0. The number of nitrogens with zero attached hydrogens (tertiary/aromatic N) is 3. The molecule has 1 aromatic rings. The molecular formula is C27H34N3O4S+. The normalized spacial score (nSPS) is 15.8. The van der Waals surface area contributed by atoms with Crippen molar-refractivity contribution in [3.8, 4) is 23.7 Å². The van der Waals surface area contributed by atoms with E-state index in [1.165, 1.54) is 11.8 Å². The molecule has 0 aliphatic carbocycles. The van der Waals surface area contributed by atoms with E-state index < -0.39 is 18.0 Å². The number of aromatic nitrogens is 2. The third-order valence-electron chi connectivity index (χ3n) is 5.53. The highest BCUT2D eigenvalue weighted by molar-refractivity contribution is 8.02. The molecule has 7 nitrogen and oxygen atoms in total. The number of quaternary nitrogens is 1. The highest BCUT2D eigenvalue weighted by atomic mass is 32.2. The van der Waals surface area contributed by atoms with Crippen molar-refractivity contribution in [2.75, 3.05) is 21.1 Å². The number of fused-ring (bicyclic) bond motifs is 1. The van der Waals surface area contributed by atoms with Crippen molar-refractivity contribution in [3.63, 3.8) is 0 Å². The molecule has 0 radical (unpaired) electrons. The van der Waals surface area contributed by atoms with E-state index in [-0.39, 0.29) is 5.92 Å². The van der Waals surface area contributed by atoms with Crippen LogP contribution in [-0.4, -0.2) is 63.4 Å². The molecule has 0 saturated carbocycles. The van der Waals surface area contributed by atoms with Crippen molar-refractivity contribution in [3.05, 3.63) is 41.6 Å². The number of likely N-dealkylation sites (N-methyl/N-ethyl adjacent to an activating group) is 1. The lowest BCUT2D eigenvalue weighted by Gasteiger charge is -2.30. The first kappa shape index (κ1) is 28.0. The Kier molecular flexibility index (Phi) is 10.4. The van der Waals surface area contributed by atoms with E-state index in [2.05, 4.69) is 42.5 Å². The van der Waals surface area contributed by atoms with Crippen molar-refractivity contribution in [2.45, 2.75) is 50.7 Å². The summed E-state index contributed by atoms with van der Waals surface area (Å²) in [6.07, 6.45) is 11.3. The molecule has 2 atom stereocenters.